The number of fused-ring (bicyclic) bond motifs is 6. The molecule has 0 spiro atoms. The minimum absolute atomic E-state index is 0.116. The number of methoxy groups -OCH3 is 1. The number of aliphatic hydroxyl groups is 1. The van der Waals surface area contributed by atoms with Crippen LogP contribution in [0.2, 0.25) is 0 Å². The third-order valence-electron chi connectivity index (χ3n) is 10.3. The van der Waals surface area contributed by atoms with Crippen LogP contribution in [0.1, 0.15) is 70.8 Å². The van der Waals surface area contributed by atoms with Crippen LogP contribution in [0.25, 0.3) is 6.08 Å². The molecule has 5 heteroatoms. The number of rotatable bonds is 2. The number of hydrogen-bond donors (Lipinski definition) is 1. The number of hydrogen-bond acceptors (Lipinski definition) is 5. The second-order valence-corrected chi connectivity index (χ2v) is 11.7. The maximum atomic E-state index is 13.7. The molecule has 1 aromatic rings. The van der Waals surface area contributed by atoms with Gasteiger partial charge in [0.25, 0.3) is 0 Å². The molecule has 5 nitrogen and oxygen atoms in total. The summed E-state index contributed by atoms with van der Waals surface area (Å²) in [6, 6.07) is 3.90. The summed E-state index contributed by atoms with van der Waals surface area (Å²) >= 11 is 0. The molecule has 33 heavy (non-hydrogen) atoms. The Balaban J connectivity index is 1.31. The number of allylic oxidation sites excluding steroid dienone is 1. The summed E-state index contributed by atoms with van der Waals surface area (Å²) in [6.45, 7) is 4.93. The van der Waals surface area contributed by atoms with E-state index in [1.54, 1.807) is 7.11 Å². The van der Waals surface area contributed by atoms with Gasteiger partial charge in [-0.1, -0.05) is 13.8 Å². The van der Waals surface area contributed by atoms with E-state index in [0.29, 0.717) is 52.1 Å². The molecular formula is C28H36O5. The van der Waals surface area contributed by atoms with Gasteiger partial charge >= 0.3 is 0 Å². The van der Waals surface area contributed by atoms with E-state index in [-0.39, 0.29) is 18.3 Å². The van der Waals surface area contributed by atoms with Gasteiger partial charge < -0.3 is 19.3 Å². The van der Waals surface area contributed by atoms with Crippen molar-refractivity contribution >= 4 is 11.9 Å². The molecule has 1 heterocycles. The quantitative estimate of drug-likeness (QED) is 0.610. The van der Waals surface area contributed by atoms with Gasteiger partial charge in [0.05, 0.1) is 13.2 Å². The van der Waals surface area contributed by atoms with E-state index in [0.717, 1.165) is 49.7 Å². The van der Waals surface area contributed by atoms with Crippen molar-refractivity contribution in [1.82, 2.24) is 0 Å². The molecule has 4 aliphatic carbocycles. The molecular weight excluding hydrogens is 416 g/mol. The maximum absolute atomic E-state index is 13.7. The summed E-state index contributed by atoms with van der Waals surface area (Å²) in [6.07, 6.45) is 10.4. The van der Waals surface area contributed by atoms with Gasteiger partial charge in [-0.25, -0.2) is 0 Å². The van der Waals surface area contributed by atoms with Crippen LogP contribution in [0.5, 0.6) is 17.2 Å². The Morgan fingerprint density at radius 2 is 1.94 bits per heavy atom. The minimum Gasteiger partial charge on any atom is -0.493 e. The third kappa shape index (κ3) is 3.10. The molecule has 0 aromatic heterocycles. The number of Topliss-reactive ketones (excluding diaryl/α,β-unsaturated/α-hetero) is 1. The lowest BCUT2D eigenvalue weighted by Crippen LogP contribution is -2.54. The Bertz CT molecular complexity index is 1010. The predicted octanol–water partition coefficient (Wildman–Crippen LogP) is 5.39. The van der Waals surface area contributed by atoms with Crippen molar-refractivity contribution in [3.63, 3.8) is 0 Å². The summed E-state index contributed by atoms with van der Waals surface area (Å²) in [5, 5.41) is 10.3. The Morgan fingerprint density at radius 3 is 2.76 bits per heavy atom. The summed E-state index contributed by atoms with van der Waals surface area (Å²) in [4.78, 5) is 13.7. The molecule has 0 amide bonds. The molecule has 178 valence electrons. The molecule has 1 N–H and O–H groups in total. The predicted molar refractivity (Wildman–Crippen MR) is 125 cm³/mol. The molecule has 1 aliphatic heterocycles. The lowest BCUT2D eigenvalue weighted by molar-refractivity contribution is -0.141. The van der Waals surface area contributed by atoms with Gasteiger partial charge in [0.2, 0.25) is 12.5 Å². The molecule has 0 saturated heterocycles. The molecule has 0 bridgehead atoms. The first-order chi connectivity index (χ1) is 15.8. The lowest BCUT2D eigenvalue weighted by Gasteiger charge is -2.59. The van der Waals surface area contributed by atoms with E-state index in [9.17, 15) is 9.90 Å². The van der Waals surface area contributed by atoms with E-state index in [2.05, 4.69) is 19.9 Å². The number of ether oxygens (including phenoxy) is 3. The van der Waals surface area contributed by atoms with Crippen molar-refractivity contribution in [2.75, 3.05) is 13.9 Å². The Kier molecular flexibility index (Phi) is 4.89. The van der Waals surface area contributed by atoms with Crippen molar-refractivity contribution in [1.29, 1.82) is 0 Å². The van der Waals surface area contributed by atoms with Crippen LogP contribution < -0.4 is 14.2 Å². The standard InChI is InChI=1S/C28H36O5/c1-27-8-6-19(29)14-18(27)4-5-20-21(27)7-9-28(2)22(20)13-17(26(28)30)10-16-11-23(31-3)25-24(12-16)32-15-33-25/h10-12,18-22,29H,4-9,13-15H2,1-3H3/b17-10+/t18-,19+,20+,21-,22+,27-,28-/m0/s1. The van der Waals surface area contributed by atoms with Crippen LogP contribution in [0.3, 0.4) is 0 Å². The normalized spacial score (nSPS) is 42.6. The zero-order valence-corrected chi connectivity index (χ0v) is 20.1. The van der Waals surface area contributed by atoms with Gasteiger partial charge in [-0.15, -0.1) is 0 Å². The number of benzene rings is 1. The molecule has 4 saturated carbocycles. The molecule has 4 fully saturated rings. The van der Waals surface area contributed by atoms with Crippen molar-refractivity contribution in [2.45, 2.75) is 71.3 Å². The second-order valence-electron chi connectivity index (χ2n) is 11.7. The summed E-state index contributed by atoms with van der Waals surface area (Å²) < 4.78 is 16.6. The second kappa shape index (κ2) is 7.49. The van der Waals surface area contributed by atoms with Crippen molar-refractivity contribution < 1.29 is 24.1 Å². The van der Waals surface area contributed by atoms with Gasteiger partial charge in [0, 0.05) is 5.41 Å². The SMILES string of the molecule is COc1cc(/C=C2\C[C@@H]3[C@@H]4CC[C@H]5C[C@H](O)CC[C@]5(C)[C@H]4CC[C@]3(C)C2=O)cc2c1OCO2. The fraction of sp³-hybridized carbons (Fsp3) is 0.679. The van der Waals surface area contributed by atoms with Crippen LogP contribution in [0, 0.1) is 34.5 Å². The van der Waals surface area contributed by atoms with Gasteiger partial charge in [-0.05, 0) is 110 Å². The van der Waals surface area contributed by atoms with Crippen LogP contribution in [0.15, 0.2) is 17.7 Å². The highest BCUT2D eigenvalue weighted by Gasteiger charge is 2.61. The van der Waals surface area contributed by atoms with Crippen LogP contribution in [-0.4, -0.2) is 30.9 Å². The molecule has 1 aromatic carbocycles. The van der Waals surface area contributed by atoms with E-state index in [1.165, 1.54) is 12.8 Å². The fourth-order valence-electron chi connectivity index (χ4n) is 8.47. The summed E-state index contributed by atoms with van der Waals surface area (Å²) in [5.74, 6) is 4.67. The number of ketones is 1. The van der Waals surface area contributed by atoms with Crippen molar-refractivity contribution in [3.05, 3.63) is 23.3 Å². The third-order valence-corrected chi connectivity index (χ3v) is 10.3. The Labute approximate surface area is 196 Å². The molecule has 6 rings (SSSR count). The van der Waals surface area contributed by atoms with Crippen LogP contribution >= 0.6 is 0 Å². The van der Waals surface area contributed by atoms with Gasteiger partial charge in [0.15, 0.2) is 17.3 Å². The highest BCUT2D eigenvalue weighted by Crippen LogP contribution is 2.66. The van der Waals surface area contributed by atoms with Crippen LogP contribution in [-0.2, 0) is 4.79 Å². The van der Waals surface area contributed by atoms with E-state index >= 15 is 0 Å². The van der Waals surface area contributed by atoms with Gasteiger partial charge in [-0.3, -0.25) is 4.79 Å². The molecule has 5 aliphatic rings. The fourth-order valence-corrected chi connectivity index (χ4v) is 8.47. The monoisotopic (exact) mass is 452 g/mol. The van der Waals surface area contributed by atoms with Crippen LogP contribution in [0.4, 0.5) is 0 Å². The molecule has 0 radical (unpaired) electrons. The highest BCUT2D eigenvalue weighted by atomic mass is 16.7. The average molecular weight is 453 g/mol. The zero-order chi connectivity index (χ0) is 23.0. The smallest absolute Gasteiger partial charge is 0.231 e. The molecule has 0 unspecified atom stereocenters. The summed E-state index contributed by atoms with van der Waals surface area (Å²) in [5.41, 5.74) is 1.97. The lowest BCUT2D eigenvalue weighted by atomic mass is 9.45. The Hall–Kier alpha value is -2.01. The largest absolute Gasteiger partial charge is 0.493 e. The maximum Gasteiger partial charge on any atom is 0.231 e. The highest BCUT2D eigenvalue weighted by molar-refractivity contribution is 6.06. The van der Waals surface area contributed by atoms with Gasteiger partial charge in [-0.2, -0.15) is 0 Å². The topological polar surface area (TPSA) is 65.0 Å². The zero-order valence-electron chi connectivity index (χ0n) is 20.1. The van der Waals surface area contributed by atoms with E-state index in [1.807, 2.05) is 12.1 Å². The number of carbonyl (C=O) groups excluding carboxylic acids is 1. The Morgan fingerprint density at radius 1 is 1.09 bits per heavy atom. The first kappa shape index (κ1) is 21.5. The average Bonchev–Trinajstić information content (AvgIpc) is 3.37. The number of carbonyl (C=O) groups is 1. The van der Waals surface area contributed by atoms with Crippen molar-refractivity contribution in [3.8, 4) is 17.2 Å². The van der Waals surface area contributed by atoms with Gasteiger partial charge in [0.1, 0.15) is 0 Å². The van der Waals surface area contributed by atoms with E-state index in [4.69, 9.17) is 14.2 Å². The number of aliphatic hydroxyl groups excluding tert-OH is 1. The molecule has 7 atom stereocenters. The minimum atomic E-state index is -0.245. The first-order valence-corrected chi connectivity index (χ1v) is 12.7. The first-order valence-electron chi connectivity index (χ1n) is 12.7. The summed E-state index contributed by atoms with van der Waals surface area (Å²) in [7, 11) is 1.63. The van der Waals surface area contributed by atoms with Crippen molar-refractivity contribution in [2.24, 2.45) is 34.5 Å². The van der Waals surface area contributed by atoms with E-state index < -0.39 is 0 Å².